The van der Waals surface area contributed by atoms with Crippen LogP contribution in [0.15, 0.2) is 83.3 Å². The van der Waals surface area contributed by atoms with Crippen molar-refractivity contribution in [2.24, 2.45) is 0 Å². The van der Waals surface area contributed by atoms with Gasteiger partial charge in [-0.2, -0.15) is 0 Å². The number of hydrogen-bond donors (Lipinski definition) is 2. The van der Waals surface area contributed by atoms with Gasteiger partial charge in [0.05, 0.1) is 0 Å². The molecule has 0 radical (unpaired) electrons. The molecular formula is C22H19BrN2O4. The molecule has 0 aromatic heterocycles. The smallest absolute Gasteiger partial charge is 0.276 e. The Kier molecular flexibility index (Phi) is 7.24. The fraction of sp³-hybridized carbons (Fsp3) is 0.0909. The van der Waals surface area contributed by atoms with E-state index in [4.69, 9.17) is 9.47 Å². The van der Waals surface area contributed by atoms with E-state index in [-0.39, 0.29) is 6.61 Å². The summed E-state index contributed by atoms with van der Waals surface area (Å²) in [6.45, 7) is 0.242. The van der Waals surface area contributed by atoms with E-state index in [2.05, 4.69) is 26.8 Å². The van der Waals surface area contributed by atoms with Gasteiger partial charge in [-0.1, -0.05) is 46.3 Å². The molecule has 0 fully saturated rings. The molecule has 0 bridgehead atoms. The van der Waals surface area contributed by atoms with Crippen LogP contribution < -0.4 is 20.3 Å². The first kappa shape index (κ1) is 20.4. The lowest BCUT2D eigenvalue weighted by atomic mass is 10.2. The molecule has 2 N–H and O–H groups in total. The third kappa shape index (κ3) is 6.65. The van der Waals surface area contributed by atoms with Crippen molar-refractivity contribution in [1.29, 1.82) is 0 Å². The van der Waals surface area contributed by atoms with Gasteiger partial charge in [0.15, 0.2) is 6.61 Å². The number of benzene rings is 3. The molecule has 0 saturated heterocycles. The van der Waals surface area contributed by atoms with Gasteiger partial charge < -0.3 is 9.47 Å². The third-order valence-corrected chi connectivity index (χ3v) is 4.39. The highest BCUT2D eigenvalue weighted by Gasteiger charge is 2.08. The lowest BCUT2D eigenvalue weighted by Gasteiger charge is -2.10. The molecule has 3 rings (SSSR count). The van der Waals surface area contributed by atoms with E-state index < -0.39 is 11.8 Å². The van der Waals surface area contributed by atoms with Crippen molar-refractivity contribution < 1.29 is 19.1 Å². The van der Waals surface area contributed by atoms with E-state index in [0.717, 1.165) is 10.0 Å². The first-order valence-electron chi connectivity index (χ1n) is 8.84. The quantitative estimate of drug-likeness (QED) is 0.531. The molecule has 3 aromatic carbocycles. The number of halogens is 1. The predicted molar refractivity (Wildman–Crippen MR) is 112 cm³/mol. The first-order valence-corrected chi connectivity index (χ1v) is 9.64. The van der Waals surface area contributed by atoms with Gasteiger partial charge in [0.2, 0.25) is 0 Å². The molecule has 0 aliphatic heterocycles. The van der Waals surface area contributed by atoms with Gasteiger partial charge in [-0.25, -0.2) is 0 Å². The predicted octanol–water partition coefficient (Wildman–Crippen LogP) is 3.87. The van der Waals surface area contributed by atoms with Crippen LogP contribution >= 0.6 is 15.9 Å². The summed E-state index contributed by atoms with van der Waals surface area (Å²) in [5.41, 5.74) is 6.17. The molecule has 0 unspecified atom stereocenters. The summed E-state index contributed by atoms with van der Waals surface area (Å²) in [6, 6.07) is 23.6. The lowest BCUT2D eigenvalue weighted by molar-refractivity contribution is -0.123. The number of hydrogen-bond acceptors (Lipinski definition) is 4. The first-order chi connectivity index (χ1) is 14.1. The average molecular weight is 455 g/mol. The summed E-state index contributed by atoms with van der Waals surface area (Å²) < 4.78 is 12.0. The van der Waals surface area contributed by atoms with Crippen LogP contribution in [0, 0.1) is 0 Å². The third-order valence-electron chi connectivity index (χ3n) is 3.86. The molecule has 0 atom stereocenters. The molecule has 0 spiro atoms. The molecule has 7 heteroatoms. The number of ether oxygens (including phenoxy) is 2. The van der Waals surface area contributed by atoms with Crippen LogP contribution in [0.25, 0.3) is 0 Å². The largest absolute Gasteiger partial charge is 0.489 e. The molecule has 148 valence electrons. The van der Waals surface area contributed by atoms with Gasteiger partial charge in [-0.05, 0) is 54.1 Å². The molecule has 0 aliphatic rings. The number of nitrogens with one attached hydrogen (secondary N) is 2. The highest BCUT2D eigenvalue weighted by Crippen LogP contribution is 2.18. The lowest BCUT2D eigenvalue weighted by Crippen LogP contribution is -2.43. The normalized spacial score (nSPS) is 10.1. The fourth-order valence-electron chi connectivity index (χ4n) is 2.36. The Morgan fingerprint density at radius 3 is 2.03 bits per heavy atom. The van der Waals surface area contributed by atoms with Crippen LogP contribution in [0.4, 0.5) is 0 Å². The molecule has 3 aromatic rings. The van der Waals surface area contributed by atoms with Gasteiger partial charge in [0.1, 0.15) is 18.1 Å². The Bertz CT molecular complexity index is 945. The Labute approximate surface area is 176 Å². The second-order valence-electron chi connectivity index (χ2n) is 6.04. The minimum Gasteiger partial charge on any atom is -0.489 e. The molecule has 2 amide bonds. The highest BCUT2D eigenvalue weighted by molar-refractivity contribution is 9.10. The number of carbonyl (C=O) groups excluding carboxylic acids is 2. The minimum absolute atomic E-state index is 0.231. The Morgan fingerprint density at radius 2 is 1.38 bits per heavy atom. The molecule has 0 heterocycles. The zero-order chi connectivity index (χ0) is 20.5. The fourth-order valence-corrected chi connectivity index (χ4v) is 2.62. The monoisotopic (exact) mass is 454 g/mol. The second kappa shape index (κ2) is 10.3. The van der Waals surface area contributed by atoms with Crippen molar-refractivity contribution in [1.82, 2.24) is 10.9 Å². The zero-order valence-electron chi connectivity index (χ0n) is 15.4. The van der Waals surface area contributed by atoms with E-state index in [9.17, 15) is 9.59 Å². The topological polar surface area (TPSA) is 76.7 Å². The van der Waals surface area contributed by atoms with E-state index >= 15 is 0 Å². The van der Waals surface area contributed by atoms with Crippen LogP contribution in [0.3, 0.4) is 0 Å². The van der Waals surface area contributed by atoms with Crippen LogP contribution in [0.5, 0.6) is 11.5 Å². The minimum atomic E-state index is -0.472. The average Bonchev–Trinajstić information content (AvgIpc) is 2.76. The molecule has 0 saturated carbocycles. The Hall–Kier alpha value is -3.32. The Morgan fingerprint density at radius 1 is 0.759 bits per heavy atom. The number of hydrazine groups is 1. The molecule has 29 heavy (non-hydrogen) atoms. The summed E-state index contributed by atoms with van der Waals surface area (Å²) in [5.74, 6) is 0.337. The summed E-state index contributed by atoms with van der Waals surface area (Å²) >= 11 is 3.30. The van der Waals surface area contributed by atoms with Crippen molar-refractivity contribution in [2.45, 2.75) is 6.61 Å². The van der Waals surface area contributed by atoms with Gasteiger partial charge in [-0.3, -0.25) is 20.4 Å². The number of amides is 2. The summed E-state index contributed by atoms with van der Waals surface area (Å²) in [4.78, 5) is 23.8. The molecular weight excluding hydrogens is 436 g/mol. The van der Waals surface area contributed by atoms with Crippen LogP contribution in [0.2, 0.25) is 0 Å². The van der Waals surface area contributed by atoms with E-state index in [0.29, 0.717) is 23.7 Å². The maximum Gasteiger partial charge on any atom is 0.276 e. The highest BCUT2D eigenvalue weighted by atomic mass is 79.9. The maximum absolute atomic E-state index is 11.9. The SMILES string of the molecule is O=C(COc1ccc(OCc2ccccc2)cc1)NNC(=O)c1ccc(Br)cc1. The number of rotatable bonds is 7. The molecule has 0 aliphatic carbocycles. The standard InChI is InChI=1S/C22H19BrN2O4/c23-18-8-6-17(7-9-18)22(27)25-24-21(26)15-29-20-12-10-19(11-13-20)28-14-16-4-2-1-3-5-16/h1-13H,14-15H2,(H,24,26)(H,25,27). The van der Waals surface area contributed by atoms with Gasteiger partial charge in [0.25, 0.3) is 11.8 Å². The van der Waals surface area contributed by atoms with Crippen LogP contribution in [-0.4, -0.2) is 18.4 Å². The number of carbonyl (C=O) groups is 2. The second-order valence-corrected chi connectivity index (χ2v) is 6.96. The maximum atomic E-state index is 11.9. The van der Waals surface area contributed by atoms with Gasteiger partial charge in [0, 0.05) is 10.0 Å². The van der Waals surface area contributed by atoms with Crippen LogP contribution in [0.1, 0.15) is 15.9 Å². The van der Waals surface area contributed by atoms with Gasteiger partial charge >= 0.3 is 0 Å². The van der Waals surface area contributed by atoms with Crippen molar-refractivity contribution in [3.05, 3.63) is 94.5 Å². The van der Waals surface area contributed by atoms with Crippen molar-refractivity contribution >= 4 is 27.7 Å². The van der Waals surface area contributed by atoms with Crippen LogP contribution in [-0.2, 0) is 11.4 Å². The summed E-state index contributed by atoms with van der Waals surface area (Å²) in [5, 5.41) is 0. The van der Waals surface area contributed by atoms with E-state index in [1.807, 2.05) is 30.3 Å². The summed E-state index contributed by atoms with van der Waals surface area (Å²) in [7, 11) is 0. The van der Waals surface area contributed by atoms with Gasteiger partial charge in [-0.15, -0.1) is 0 Å². The van der Waals surface area contributed by atoms with Crippen molar-refractivity contribution in [3.63, 3.8) is 0 Å². The van der Waals surface area contributed by atoms with Crippen molar-refractivity contribution in [2.75, 3.05) is 6.61 Å². The Balaban J connectivity index is 1.39. The van der Waals surface area contributed by atoms with E-state index in [1.165, 1.54) is 0 Å². The molecule has 6 nitrogen and oxygen atoms in total. The van der Waals surface area contributed by atoms with Crippen molar-refractivity contribution in [3.8, 4) is 11.5 Å². The zero-order valence-corrected chi connectivity index (χ0v) is 17.0. The van der Waals surface area contributed by atoms with E-state index in [1.54, 1.807) is 48.5 Å². The summed E-state index contributed by atoms with van der Waals surface area (Å²) in [6.07, 6.45) is 0.